The van der Waals surface area contributed by atoms with Gasteiger partial charge in [0.15, 0.2) is 0 Å². The third kappa shape index (κ3) is 2.94. The molecule has 0 saturated heterocycles. The lowest BCUT2D eigenvalue weighted by Gasteiger charge is -2.20. The summed E-state index contributed by atoms with van der Waals surface area (Å²) >= 11 is 9.05. The summed E-state index contributed by atoms with van der Waals surface area (Å²) in [5.74, 6) is 0. The monoisotopic (exact) mass is 359 g/mol. The van der Waals surface area contributed by atoms with Gasteiger partial charge in [-0.05, 0) is 52.3 Å². The molecule has 2 aromatic carbocycles. The van der Waals surface area contributed by atoms with Gasteiger partial charge >= 0.3 is 0 Å². The Bertz CT molecular complexity index is 686. The topological polar surface area (TPSA) is 37.4 Å². The van der Waals surface area contributed by atoms with Gasteiger partial charge in [-0.2, -0.15) is 0 Å². The Labute approximate surface area is 126 Å². The second kappa shape index (κ2) is 5.53. The summed E-state index contributed by atoms with van der Waals surface area (Å²) in [6.45, 7) is 0. The highest BCUT2D eigenvalue weighted by Gasteiger charge is 2.23. The highest BCUT2D eigenvalue weighted by molar-refractivity contribution is 9.10. The van der Waals surface area contributed by atoms with E-state index in [4.69, 9.17) is 11.6 Å². The lowest BCUT2D eigenvalue weighted by molar-refractivity contribution is 0.594. The third-order valence-corrected chi connectivity index (χ3v) is 5.71. The van der Waals surface area contributed by atoms with E-state index < -0.39 is 10.0 Å². The molecule has 0 atom stereocenters. The molecule has 0 fully saturated rings. The van der Waals surface area contributed by atoms with Gasteiger partial charge in [0.05, 0.1) is 5.69 Å². The van der Waals surface area contributed by atoms with E-state index in [1.54, 1.807) is 48.5 Å². The first-order valence-electron chi connectivity index (χ1n) is 5.42. The predicted octanol–water partition coefficient (Wildman–Crippen LogP) is 3.93. The highest BCUT2D eigenvalue weighted by atomic mass is 79.9. The lowest BCUT2D eigenvalue weighted by atomic mass is 10.3. The van der Waals surface area contributed by atoms with E-state index in [0.29, 0.717) is 15.2 Å². The molecule has 0 spiro atoms. The average Bonchev–Trinajstić information content (AvgIpc) is 2.39. The maximum Gasteiger partial charge on any atom is 0.265 e. The van der Waals surface area contributed by atoms with Gasteiger partial charge in [-0.1, -0.05) is 23.7 Å². The molecule has 0 N–H and O–H groups in total. The van der Waals surface area contributed by atoms with Crippen molar-refractivity contribution in [1.82, 2.24) is 0 Å². The van der Waals surface area contributed by atoms with Crippen molar-refractivity contribution in [3.8, 4) is 0 Å². The summed E-state index contributed by atoms with van der Waals surface area (Å²) in [7, 11) is -2.08. The normalized spacial score (nSPS) is 11.3. The van der Waals surface area contributed by atoms with Gasteiger partial charge in [0.2, 0.25) is 0 Å². The number of sulfonamides is 1. The van der Waals surface area contributed by atoms with Crippen LogP contribution in [0.1, 0.15) is 0 Å². The molecule has 0 heterocycles. The number of rotatable bonds is 3. The Morgan fingerprint density at radius 1 is 1.05 bits per heavy atom. The van der Waals surface area contributed by atoms with Crippen LogP contribution in [-0.2, 0) is 10.0 Å². The molecule has 2 rings (SSSR count). The molecule has 2 aromatic rings. The number of anilines is 1. The van der Waals surface area contributed by atoms with Gasteiger partial charge in [-0.15, -0.1) is 0 Å². The first-order chi connectivity index (χ1) is 8.93. The van der Waals surface area contributed by atoms with E-state index in [-0.39, 0.29) is 4.90 Å². The second-order valence-corrected chi connectivity index (χ2v) is 7.11. The van der Waals surface area contributed by atoms with Crippen LogP contribution >= 0.6 is 27.5 Å². The van der Waals surface area contributed by atoms with Crippen molar-refractivity contribution in [2.75, 3.05) is 11.4 Å². The van der Waals surface area contributed by atoms with Gasteiger partial charge in [0.1, 0.15) is 4.90 Å². The van der Waals surface area contributed by atoms with E-state index in [1.807, 2.05) is 0 Å². The maximum atomic E-state index is 12.5. The van der Waals surface area contributed by atoms with Crippen molar-refractivity contribution >= 4 is 43.2 Å². The molecule has 0 bridgehead atoms. The molecule has 0 saturated carbocycles. The van der Waals surface area contributed by atoms with Crippen molar-refractivity contribution in [3.05, 3.63) is 58.0 Å². The van der Waals surface area contributed by atoms with Crippen LogP contribution in [0.2, 0.25) is 5.02 Å². The summed E-state index contributed by atoms with van der Waals surface area (Å²) in [4.78, 5) is 0.229. The first kappa shape index (κ1) is 14.4. The molecule has 0 aliphatic heterocycles. The fourth-order valence-electron chi connectivity index (χ4n) is 1.59. The number of nitrogens with zero attached hydrogens (tertiary/aromatic N) is 1. The Morgan fingerprint density at radius 2 is 1.63 bits per heavy atom. The molecular weight excluding hydrogens is 350 g/mol. The van der Waals surface area contributed by atoms with Gasteiger partial charge < -0.3 is 0 Å². The van der Waals surface area contributed by atoms with Crippen molar-refractivity contribution < 1.29 is 8.42 Å². The van der Waals surface area contributed by atoms with Crippen LogP contribution in [0, 0.1) is 0 Å². The summed E-state index contributed by atoms with van der Waals surface area (Å²) in [6, 6.07) is 13.4. The Balaban J connectivity index is 2.45. The molecule has 0 unspecified atom stereocenters. The van der Waals surface area contributed by atoms with Gasteiger partial charge in [-0.25, -0.2) is 8.42 Å². The van der Waals surface area contributed by atoms with Crippen LogP contribution in [0.3, 0.4) is 0 Å². The van der Waals surface area contributed by atoms with Crippen molar-refractivity contribution in [3.63, 3.8) is 0 Å². The number of hydrogen-bond acceptors (Lipinski definition) is 2. The molecule has 3 nitrogen and oxygen atoms in total. The highest BCUT2D eigenvalue weighted by Crippen LogP contribution is 2.27. The zero-order chi connectivity index (χ0) is 14.0. The van der Waals surface area contributed by atoms with Crippen LogP contribution in [-0.4, -0.2) is 15.5 Å². The Kier molecular flexibility index (Phi) is 4.18. The predicted molar refractivity (Wildman–Crippen MR) is 81.2 cm³/mol. The molecule has 100 valence electrons. The fourth-order valence-corrected chi connectivity index (χ4v) is 3.87. The molecule has 0 radical (unpaired) electrons. The largest absolute Gasteiger partial charge is 0.269 e. The molecule has 0 amide bonds. The lowest BCUT2D eigenvalue weighted by Crippen LogP contribution is -2.26. The van der Waals surface area contributed by atoms with Crippen LogP contribution < -0.4 is 4.31 Å². The van der Waals surface area contributed by atoms with E-state index in [0.717, 1.165) is 0 Å². The van der Waals surface area contributed by atoms with Crippen molar-refractivity contribution in [1.29, 1.82) is 0 Å². The van der Waals surface area contributed by atoms with E-state index >= 15 is 0 Å². The van der Waals surface area contributed by atoms with Crippen LogP contribution in [0.25, 0.3) is 0 Å². The van der Waals surface area contributed by atoms with E-state index in [9.17, 15) is 8.42 Å². The summed E-state index contributed by atoms with van der Waals surface area (Å²) in [6.07, 6.45) is 0. The first-order valence-corrected chi connectivity index (χ1v) is 8.03. The minimum absolute atomic E-state index is 0.229. The molecule has 0 aliphatic carbocycles. The fraction of sp³-hybridized carbons (Fsp3) is 0.0769. The van der Waals surface area contributed by atoms with Crippen LogP contribution in [0.4, 0.5) is 5.69 Å². The average molecular weight is 361 g/mol. The van der Waals surface area contributed by atoms with Gasteiger partial charge in [0, 0.05) is 16.5 Å². The zero-order valence-electron chi connectivity index (χ0n) is 10.0. The second-order valence-electron chi connectivity index (χ2n) is 3.88. The third-order valence-electron chi connectivity index (χ3n) is 2.67. The number of halogens is 2. The smallest absolute Gasteiger partial charge is 0.265 e. The standard InChI is InChI=1S/C13H11BrClNO2S/c1-16(11-8-6-10(15)7-9-11)19(17,18)13-5-3-2-4-12(13)14/h2-9H,1H3. The van der Waals surface area contributed by atoms with Crippen LogP contribution in [0.5, 0.6) is 0 Å². The number of hydrogen-bond donors (Lipinski definition) is 0. The molecular formula is C13H11BrClNO2S. The molecule has 19 heavy (non-hydrogen) atoms. The number of benzene rings is 2. The Hall–Kier alpha value is -1.04. The van der Waals surface area contributed by atoms with Crippen molar-refractivity contribution in [2.24, 2.45) is 0 Å². The molecule has 6 heteroatoms. The summed E-state index contributed by atoms with van der Waals surface area (Å²) < 4.78 is 26.8. The minimum Gasteiger partial charge on any atom is -0.269 e. The van der Waals surface area contributed by atoms with Gasteiger partial charge in [-0.3, -0.25) is 4.31 Å². The van der Waals surface area contributed by atoms with Crippen molar-refractivity contribution in [2.45, 2.75) is 4.90 Å². The van der Waals surface area contributed by atoms with Gasteiger partial charge in [0.25, 0.3) is 10.0 Å². The van der Waals surface area contributed by atoms with Crippen LogP contribution in [0.15, 0.2) is 57.9 Å². The minimum atomic E-state index is -3.59. The van der Waals surface area contributed by atoms with E-state index in [2.05, 4.69) is 15.9 Å². The summed E-state index contributed by atoms with van der Waals surface area (Å²) in [5.41, 5.74) is 0.556. The summed E-state index contributed by atoms with van der Waals surface area (Å²) in [5, 5.41) is 0.565. The Morgan fingerprint density at radius 3 is 2.21 bits per heavy atom. The molecule has 0 aliphatic rings. The van der Waals surface area contributed by atoms with E-state index in [1.165, 1.54) is 11.4 Å². The molecule has 0 aromatic heterocycles. The maximum absolute atomic E-state index is 12.5. The SMILES string of the molecule is CN(c1ccc(Cl)cc1)S(=O)(=O)c1ccccc1Br. The zero-order valence-corrected chi connectivity index (χ0v) is 13.2. The quantitative estimate of drug-likeness (QED) is 0.832.